The zero-order chi connectivity index (χ0) is 11.9. The maximum atomic E-state index is 5.60. The molecule has 0 saturated heterocycles. The molecule has 0 radical (unpaired) electrons. The minimum Gasteiger partial charge on any atom is -0.375 e. The summed E-state index contributed by atoms with van der Waals surface area (Å²) in [5.41, 5.74) is -0.0667. The van der Waals surface area contributed by atoms with Gasteiger partial charge in [0, 0.05) is 12.6 Å². The molecule has 0 rings (SSSR count). The minimum absolute atomic E-state index is 0.0667. The molecule has 0 spiro atoms. The first kappa shape index (κ1) is 14.9. The van der Waals surface area contributed by atoms with Gasteiger partial charge in [0.15, 0.2) is 0 Å². The predicted molar refractivity (Wildman–Crippen MR) is 64.3 cm³/mol. The van der Waals surface area contributed by atoms with Gasteiger partial charge >= 0.3 is 0 Å². The molecule has 15 heavy (non-hydrogen) atoms. The van der Waals surface area contributed by atoms with Crippen LogP contribution in [-0.2, 0) is 9.47 Å². The standard InChI is InChI=1S/C12H27NO2/c1-10(2)13-9-11(3)14-7-8-15-12(4,5)6/h10-11,13H,7-9H2,1-6H3. The number of ether oxygens (including phenoxy) is 2. The van der Waals surface area contributed by atoms with E-state index >= 15 is 0 Å². The Morgan fingerprint density at radius 2 is 1.67 bits per heavy atom. The second-order valence-corrected chi connectivity index (χ2v) is 5.21. The van der Waals surface area contributed by atoms with Crippen LogP contribution in [0.3, 0.4) is 0 Å². The van der Waals surface area contributed by atoms with E-state index in [1.54, 1.807) is 0 Å². The van der Waals surface area contributed by atoms with Crippen molar-refractivity contribution in [3.63, 3.8) is 0 Å². The average molecular weight is 217 g/mol. The van der Waals surface area contributed by atoms with Crippen molar-refractivity contribution < 1.29 is 9.47 Å². The van der Waals surface area contributed by atoms with Crippen LogP contribution in [-0.4, -0.2) is 37.5 Å². The van der Waals surface area contributed by atoms with Gasteiger partial charge in [-0.25, -0.2) is 0 Å². The van der Waals surface area contributed by atoms with Gasteiger partial charge in [-0.2, -0.15) is 0 Å². The monoisotopic (exact) mass is 217 g/mol. The third-order valence-corrected chi connectivity index (χ3v) is 1.83. The number of rotatable bonds is 7. The molecule has 0 aliphatic rings. The lowest BCUT2D eigenvalue weighted by molar-refractivity contribution is -0.0481. The zero-order valence-corrected chi connectivity index (χ0v) is 11.1. The fraction of sp³-hybridized carbons (Fsp3) is 1.00. The van der Waals surface area contributed by atoms with Crippen LogP contribution >= 0.6 is 0 Å². The molecule has 0 saturated carbocycles. The van der Waals surface area contributed by atoms with E-state index in [-0.39, 0.29) is 11.7 Å². The average Bonchev–Trinajstić information content (AvgIpc) is 2.07. The highest BCUT2D eigenvalue weighted by molar-refractivity contribution is 4.60. The van der Waals surface area contributed by atoms with Gasteiger partial charge in [-0.3, -0.25) is 0 Å². The Labute approximate surface area is 94.5 Å². The molecule has 0 aliphatic carbocycles. The summed E-state index contributed by atoms with van der Waals surface area (Å²) in [6.45, 7) is 14.7. The van der Waals surface area contributed by atoms with Crippen LogP contribution in [0.2, 0.25) is 0 Å². The molecule has 0 aromatic rings. The zero-order valence-electron chi connectivity index (χ0n) is 11.1. The van der Waals surface area contributed by atoms with Gasteiger partial charge in [0.25, 0.3) is 0 Å². The molecule has 0 aliphatic heterocycles. The number of hydrogen-bond acceptors (Lipinski definition) is 3. The molecule has 3 nitrogen and oxygen atoms in total. The fourth-order valence-corrected chi connectivity index (χ4v) is 1.06. The Morgan fingerprint density at radius 1 is 1.07 bits per heavy atom. The van der Waals surface area contributed by atoms with Crippen molar-refractivity contribution in [2.45, 2.75) is 59.3 Å². The summed E-state index contributed by atoms with van der Waals surface area (Å²) in [4.78, 5) is 0. The molecule has 3 heteroatoms. The van der Waals surface area contributed by atoms with E-state index in [9.17, 15) is 0 Å². The Bertz CT molecular complexity index is 152. The summed E-state index contributed by atoms with van der Waals surface area (Å²) in [5.74, 6) is 0. The quantitative estimate of drug-likeness (QED) is 0.663. The van der Waals surface area contributed by atoms with Crippen molar-refractivity contribution in [3.05, 3.63) is 0 Å². The Balaban J connectivity index is 3.35. The smallest absolute Gasteiger partial charge is 0.0707 e. The van der Waals surface area contributed by atoms with Crippen molar-refractivity contribution >= 4 is 0 Å². The van der Waals surface area contributed by atoms with Gasteiger partial charge in [-0.1, -0.05) is 13.8 Å². The van der Waals surface area contributed by atoms with Crippen molar-refractivity contribution in [1.29, 1.82) is 0 Å². The largest absolute Gasteiger partial charge is 0.375 e. The van der Waals surface area contributed by atoms with E-state index in [0.717, 1.165) is 6.54 Å². The highest BCUT2D eigenvalue weighted by atomic mass is 16.5. The van der Waals surface area contributed by atoms with Crippen LogP contribution in [0.25, 0.3) is 0 Å². The van der Waals surface area contributed by atoms with Crippen LogP contribution in [0.5, 0.6) is 0 Å². The van der Waals surface area contributed by atoms with Crippen LogP contribution < -0.4 is 5.32 Å². The van der Waals surface area contributed by atoms with Crippen LogP contribution in [0.15, 0.2) is 0 Å². The van der Waals surface area contributed by atoms with Gasteiger partial charge in [0.2, 0.25) is 0 Å². The summed E-state index contributed by atoms with van der Waals surface area (Å²) < 4.78 is 11.2. The molecule has 92 valence electrons. The molecule has 1 N–H and O–H groups in total. The van der Waals surface area contributed by atoms with E-state index in [0.29, 0.717) is 19.3 Å². The van der Waals surface area contributed by atoms with E-state index in [1.165, 1.54) is 0 Å². The van der Waals surface area contributed by atoms with Crippen molar-refractivity contribution in [3.8, 4) is 0 Å². The Morgan fingerprint density at radius 3 is 2.13 bits per heavy atom. The van der Waals surface area contributed by atoms with Crippen molar-refractivity contribution in [2.24, 2.45) is 0 Å². The summed E-state index contributed by atoms with van der Waals surface area (Å²) in [7, 11) is 0. The lowest BCUT2D eigenvalue weighted by Gasteiger charge is -2.21. The first-order valence-electron chi connectivity index (χ1n) is 5.80. The molecule has 0 amide bonds. The first-order valence-corrected chi connectivity index (χ1v) is 5.80. The molecular weight excluding hydrogens is 190 g/mol. The SMILES string of the molecule is CC(C)NCC(C)OCCOC(C)(C)C. The van der Waals surface area contributed by atoms with Gasteiger partial charge < -0.3 is 14.8 Å². The van der Waals surface area contributed by atoms with E-state index in [2.05, 4.69) is 46.9 Å². The summed E-state index contributed by atoms with van der Waals surface area (Å²) >= 11 is 0. The lowest BCUT2D eigenvalue weighted by atomic mass is 10.2. The molecule has 0 aromatic heterocycles. The topological polar surface area (TPSA) is 30.5 Å². The van der Waals surface area contributed by atoms with Gasteiger partial charge in [-0.05, 0) is 27.7 Å². The Hall–Kier alpha value is -0.120. The number of hydrogen-bond donors (Lipinski definition) is 1. The minimum atomic E-state index is -0.0667. The van der Waals surface area contributed by atoms with Gasteiger partial charge in [0.05, 0.1) is 24.9 Å². The third-order valence-electron chi connectivity index (χ3n) is 1.83. The fourth-order valence-electron chi connectivity index (χ4n) is 1.06. The van der Waals surface area contributed by atoms with Gasteiger partial charge in [0.1, 0.15) is 0 Å². The molecular formula is C12H27NO2. The molecule has 1 unspecified atom stereocenters. The van der Waals surface area contributed by atoms with E-state index < -0.39 is 0 Å². The van der Waals surface area contributed by atoms with E-state index in [4.69, 9.17) is 9.47 Å². The number of nitrogens with one attached hydrogen (secondary N) is 1. The maximum Gasteiger partial charge on any atom is 0.0707 e. The normalized spacial score (nSPS) is 14.6. The molecule has 0 bridgehead atoms. The lowest BCUT2D eigenvalue weighted by Crippen LogP contribution is -2.32. The first-order chi connectivity index (χ1) is 6.81. The van der Waals surface area contributed by atoms with Crippen LogP contribution in [0, 0.1) is 0 Å². The van der Waals surface area contributed by atoms with Crippen LogP contribution in [0.1, 0.15) is 41.5 Å². The van der Waals surface area contributed by atoms with Crippen LogP contribution in [0.4, 0.5) is 0 Å². The highest BCUT2D eigenvalue weighted by Gasteiger charge is 2.09. The maximum absolute atomic E-state index is 5.60. The summed E-state index contributed by atoms with van der Waals surface area (Å²) in [5, 5.41) is 3.34. The van der Waals surface area contributed by atoms with Gasteiger partial charge in [-0.15, -0.1) is 0 Å². The summed E-state index contributed by atoms with van der Waals surface area (Å²) in [6, 6.07) is 0.516. The summed E-state index contributed by atoms with van der Waals surface area (Å²) in [6.07, 6.45) is 0.246. The highest BCUT2D eigenvalue weighted by Crippen LogP contribution is 2.05. The second kappa shape index (κ2) is 7.20. The second-order valence-electron chi connectivity index (χ2n) is 5.21. The predicted octanol–water partition coefficient (Wildman–Crippen LogP) is 2.20. The molecule has 0 fully saturated rings. The molecule has 0 aromatic carbocycles. The van der Waals surface area contributed by atoms with E-state index in [1.807, 2.05) is 0 Å². The molecule has 0 heterocycles. The third kappa shape index (κ3) is 11.8. The van der Waals surface area contributed by atoms with Crippen molar-refractivity contribution in [1.82, 2.24) is 5.32 Å². The van der Waals surface area contributed by atoms with Crippen molar-refractivity contribution in [2.75, 3.05) is 19.8 Å². The Kier molecular flexibility index (Phi) is 7.14. The molecule has 1 atom stereocenters.